The summed E-state index contributed by atoms with van der Waals surface area (Å²) in [6.07, 6.45) is 8.92. The Morgan fingerprint density at radius 1 is 1.26 bits per heavy atom. The quantitative estimate of drug-likeness (QED) is 0.845. The highest BCUT2D eigenvalue weighted by Crippen LogP contribution is 2.42. The van der Waals surface area contributed by atoms with Crippen molar-refractivity contribution in [2.45, 2.75) is 77.2 Å². The standard InChI is InChI=1S/C16H26N2O/c1-3-15(8-4-5-9-15)14(19)18-16(12-17)10-6-13(2)7-11-16/h13H,3-11H2,1-2H3,(H,18,19). The van der Waals surface area contributed by atoms with Crippen molar-refractivity contribution in [1.82, 2.24) is 5.32 Å². The van der Waals surface area contributed by atoms with E-state index < -0.39 is 5.54 Å². The number of rotatable bonds is 3. The smallest absolute Gasteiger partial charge is 0.227 e. The second-order valence-electron chi connectivity index (χ2n) is 6.67. The van der Waals surface area contributed by atoms with Crippen molar-refractivity contribution >= 4 is 5.91 Å². The van der Waals surface area contributed by atoms with Gasteiger partial charge in [-0.1, -0.05) is 26.7 Å². The molecule has 0 saturated heterocycles. The molecule has 2 fully saturated rings. The fourth-order valence-corrected chi connectivity index (χ4v) is 3.66. The predicted octanol–water partition coefficient (Wildman–Crippen LogP) is 3.55. The first-order valence-corrected chi connectivity index (χ1v) is 7.80. The molecule has 0 heterocycles. The lowest BCUT2D eigenvalue weighted by Crippen LogP contribution is -2.53. The van der Waals surface area contributed by atoms with E-state index in [0.29, 0.717) is 5.92 Å². The van der Waals surface area contributed by atoms with E-state index in [9.17, 15) is 10.1 Å². The molecule has 2 aliphatic carbocycles. The molecule has 0 aromatic heterocycles. The maximum Gasteiger partial charge on any atom is 0.227 e. The van der Waals surface area contributed by atoms with E-state index in [1.807, 2.05) is 0 Å². The van der Waals surface area contributed by atoms with Crippen LogP contribution in [0, 0.1) is 22.7 Å². The molecule has 0 radical (unpaired) electrons. The van der Waals surface area contributed by atoms with Crippen LogP contribution < -0.4 is 5.32 Å². The minimum atomic E-state index is -0.589. The maximum atomic E-state index is 12.6. The van der Waals surface area contributed by atoms with Crippen LogP contribution in [-0.2, 0) is 4.79 Å². The molecule has 106 valence electrons. The first-order valence-electron chi connectivity index (χ1n) is 7.80. The third-order valence-electron chi connectivity index (χ3n) is 5.41. The van der Waals surface area contributed by atoms with Gasteiger partial charge in [-0.05, 0) is 50.9 Å². The second-order valence-corrected chi connectivity index (χ2v) is 6.67. The van der Waals surface area contributed by atoms with Gasteiger partial charge in [0.15, 0.2) is 0 Å². The van der Waals surface area contributed by atoms with Gasteiger partial charge in [0.05, 0.1) is 6.07 Å². The van der Waals surface area contributed by atoms with Crippen molar-refractivity contribution in [1.29, 1.82) is 5.26 Å². The Morgan fingerprint density at radius 2 is 1.84 bits per heavy atom. The summed E-state index contributed by atoms with van der Waals surface area (Å²) in [6.45, 7) is 4.33. The monoisotopic (exact) mass is 262 g/mol. The summed E-state index contributed by atoms with van der Waals surface area (Å²) in [4.78, 5) is 12.6. The van der Waals surface area contributed by atoms with Crippen LogP contribution in [0.1, 0.15) is 71.6 Å². The van der Waals surface area contributed by atoms with Gasteiger partial charge in [-0.2, -0.15) is 5.26 Å². The van der Waals surface area contributed by atoms with Crippen molar-refractivity contribution in [3.8, 4) is 6.07 Å². The summed E-state index contributed by atoms with van der Waals surface area (Å²) in [7, 11) is 0. The number of nitrogens with zero attached hydrogens (tertiary/aromatic N) is 1. The van der Waals surface area contributed by atoms with Gasteiger partial charge in [0.2, 0.25) is 5.91 Å². The van der Waals surface area contributed by atoms with Crippen molar-refractivity contribution in [2.24, 2.45) is 11.3 Å². The Balaban J connectivity index is 2.06. The molecule has 1 amide bonds. The molecule has 0 aromatic carbocycles. The number of nitriles is 1. The van der Waals surface area contributed by atoms with E-state index in [0.717, 1.165) is 57.8 Å². The van der Waals surface area contributed by atoms with Crippen LogP contribution in [0.15, 0.2) is 0 Å². The van der Waals surface area contributed by atoms with Crippen LogP contribution in [0.4, 0.5) is 0 Å². The topological polar surface area (TPSA) is 52.9 Å². The Bertz CT molecular complexity index is 369. The molecule has 3 heteroatoms. The van der Waals surface area contributed by atoms with E-state index in [1.54, 1.807) is 0 Å². The number of hydrogen-bond acceptors (Lipinski definition) is 2. The lowest BCUT2D eigenvalue weighted by atomic mass is 9.76. The third-order valence-corrected chi connectivity index (χ3v) is 5.41. The summed E-state index contributed by atoms with van der Waals surface area (Å²) in [6, 6.07) is 2.40. The average Bonchev–Trinajstić information content (AvgIpc) is 2.92. The molecular weight excluding hydrogens is 236 g/mol. The zero-order chi connectivity index (χ0) is 13.9. The SMILES string of the molecule is CCC1(C(=O)NC2(C#N)CCC(C)CC2)CCCC1. The lowest BCUT2D eigenvalue weighted by molar-refractivity contribution is -0.133. The molecule has 0 aliphatic heterocycles. The first-order chi connectivity index (χ1) is 9.06. The van der Waals surface area contributed by atoms with Crippen LogP contribution in [0.5, 0.6) is 0 Å². The molecule has 0 bridgehead atoms. The van der Waals surface area contributed by atoms with Crippen molar-refractivity contribution < 1.29 is 4.79 Å². The second kappa shape index (κ2) is 5.53. The fraction of sp³-hybridized carbons (Fsp3) is 0.875. The van der Waals surface area contributed by atoms with E-state index in [-0.39, 0.29) is 11.3 Å². The van der Waals surface area contributed by atoms with Gasteiger partial charge in [0, 0.05) is 5.41 Å². The number of hydrogen-bond donors (Lipinski definition) is 1. The zero-order valence-electron chi connectivity index (χ0n) is 12.3. The Labute approximate surface area is 116 Å². The summed E-state index contributed by atoms with van der Waals surface area (Å²) in [5, 5.41) is 12.6. The molecule has 0 spiro atoms. The summed E-state index contributed by atoms with van der Waals surface area (Å²) >= 11 is 0. The predicted molar refractivity (Wildman–Crippen MR) is 75.3 cm³/mol. The largest absolute Gasteiger partial charge is 0.337 e. The van der Waals surface area contributed by atoms with E-state index >= 15 is 0 Å². The van der Waals surface area contributed by atoms with Gasteiger partial charge < -0.3 is 5.32 Å². The van der Waals surface area contributed by atoms with Crippen molar-refractivity contribution in [3.63, 3.8) is 0 Å². The van der Waals surface area contributed by atoms with Gasteiger partial charge in [-0.15, -0.1) is 0 Å². The van der Waals surface area contributed by atoms with Crippen LogP contribution in [0.3, 0.4) is 0 Å². The number of nitrogens with one attached hydrogen (secondary N) is 1. The third kappa shape index (κ3) is 2.78. The number of amides is 1. The molecular formula is C16H26N2O. The van der Waals surface area contributed by atoms with Crippen molar-refractivity contribution in [2.75, 3.05) is 0 Å². The van der Waals surface area contributed by atoms with Gasteiger partial charge in [-0.3, -0.25) is 4.79 Å². The van der Waals surface area contributed by atoms with E-state index in [4.69, 9.17) is 0 Å². The first kappa shape index (κ1) is 14.4. The van der Waals surface area contributed by atoms with Crippen LogP contribution >= 0.6 is 0 Å². The summed E-state index contributed by atoms with van der Waals surface area (Å²) in [5.74, 6) is 0.827. The summed E-state index contributed by atoms with van der Waals surface area (Å²) in [5.41, 5.74) is -0.777. The number of carbonyl (C=O) groups excluding carboxylic acids is 1. The number of carbonyl (C=O) groups is 1. The molecule has 1 N–H and O–H groups in total. The lowest BCUT2D eigenvalue weighted by Gasteiger charge is -2.37. The van der Waals surface area contributed by atoms with Crippen LogP contribution in [-0.4, -0.2) is 11.4 Å². The van der Waals surface area contributed by atoms with Crippen molar-refractivity contribution in [3.05, 3.63) is 0 Å². The minimum absolute atomic E-state index is 0.142. The molecule has 0 atom stereocenters. The van der Waals surface area contributed by atoms with Crippen LogP contribution in [0.2, 0.25) is 0 Å². The average molecular weight is 262 g/mol. The van der Waals surface area contributed by atoms with Gasteiger partial charge in [-0.25, -0.2) is 0 Å². The summed E-state index contributed by atoms with van der Waals surface area (Å²) < 4.78 is 0. The molecule has 3 nitrogen and oxygen atoms in total. The highest BCUT2D eigenvalue weighted by Gasteiger charge is 2.44. The Kier molecular flexibility index (Phi) is 4.18. The highest BCUT2D eigenvalue weighted by molar-refractivity contribution is 5.84. The van der Waals surface area contributed by atoms with Gasteiger partial charge >= 0.3 is 0 Å². The Morgan fingerprint density at radius 3 is 2.32 bits per heavy atom. The van der Waals surface area contributed by atoms with Gasteiger partial charge in [0.1, 0.15) is 5.54 Å². The van der Waals surface area contributed by atoms with E-state index in [1.165, 1.54) is 0 Å². The van der Waals surface area contributed by atoms with Gasteiger partial charge in [0.25, 0.3) is 0 Å². The molecule has 0 aromatic rings. The molecule has 2 rings (SSSR count). The van der Waals surface area contributed by atoms with Crippen LogP contribution in [0.25, 0.3) is 0 Å². The fourth-order valence-electron chi connectivity index (χ4n) is 3.66. The Hall–Kier alpha value is -1.04. The molecule has 0 unspecified atom stereocenters. The zero-order valence-corrected chi connectivity index (χ0v) is 12.3. The highest BCUT2D eigenvalue weighted by atomic mass is 16.2. The maximum absolute atomic E-state index is 12.6. The van der Waals surface area contributed by atoms with E-state index in [2.05, 4.69) is 25.2 Å². The molecule has 2 aliphatic rings. The molecule has 2 saturated carbocycles. The normalized spacial score (nSPS) is 33.6. The minimum Gasteiger partial charge on any atom is -0.337 e. The molecule has 19 heavy (non-hydrogen) atoms.